The second-order valence-corrected chi connectivity index (χ2v) is 6.95. The Morgan fingerprint density at radius 3 is 2.46 bits per heavy atom. The summed E-state index contributed by atoms with van der Waals surface area (Å²) in [5.74, 6) is -0.509. The molecular formula is C22H25NO5. The molecule has 28 heavy (non-hydrogen) atoms. The highest BCUT2D eigenvalue weighted by molar-refractivity contribution is 5.94. The van der Waals surface area contributed by atoms with Gasteiger partial charge >= 0.3 is 5.97 Å². The minimum absolute atomic E-state index is 0.0197. The number of rotatable bonds is 6. The van der Waals surface area contributed by atoms with Crippen LogP contribution in [0.15, 0.2) is 48.5 Å². The lowest BCUT2D eigenvalue weighted by molar-refractivity contribution is -0.135. The first-order chi connectivity index (χ1) is 13.6. The Hall–Kier alpha value is -3.02. The zero-order valence-electron chi connectivity index (χ0n) is 16.0. The molecule has 3 rings (SSSR count). The molecule has 0 aromatic heterocycles. The van der Waals surface area contributed by atoms with E-state index >= 15 is 0 Å². The Labute approximate surface area is 164 Å². The molecule has 0 saturated carbocycles. The number of carbonyl (C=O) groups is 2. The van der Waals surface area contributed by atoms with Crippen molar-refractivity contribution >= 4 is 11.9 Å². The van der Waals surface area contributed by atoms with Gasteiger partial charge in [-0.2, -0.15) is 0 Å². The normalized spacial score (nSPS) is 14.5. The molecule has 1 heterocycles. The van der Waals surface area contributed by atoms with Crippen LogP contribution < -0.4 is 4.74 Å². The Bertz CT molecular complexity index is 813. The predicted octanol–water partition coefficient (Wildman–Crippen LogP) is 3.04. The van der Waals surface area contributed by atoms with E-state index in [0.717, 1.165) is 19.3 Å². The van der Waals surface area contributed by atoms with E-state index in [9.17, 15) is 14.7 Å². The number of esters is 1. The first kappa shape index (κ1) is 19.7. The summed E-state index contributed by atoms with van der Waals surface area (Å²) in [6.07, 6.45) is 2.89. The van der Waals surface area contributed by atoms with E-state index in [2.05, 4.69) is 12.1 Å². The first-order valence-corrected chi connectivity index (χ1v) is 9.43. The smallest absolute Gasteiger partial charge is 0.342 e. The van der Waals surface area contributed by atoms with E-state index in [-0.39, 0.29) is 29.6 Å². The highest BCUT2D eigenvalue weighted by Crippen LogP contribution is 2.29. The van der Waals surface area contributed by atoms with Crippen LogP contribution in [-0.4, -0.2) is 48.7 Å². The van der Waals surface area contributed by atoms with Crippen molar-refractivity contribution in [3.8, 4) is 11.5 Å². The lowest BCUT2D eigenvalue weighted by Gasteiger charge is -2.32. The summed E-state index contributed by atoms with van der Waals surface area (Å²) in [4.78, 5) is 26.3. The van der Waals surface area contributed by atoms with Crippen LogP contribution in [0.2, 0.25) is 0 Å². The van der Waals surface area contributed by atoms with Crippen LogP contribution in [0.4, 0.5) is 0 Å². The largest absolute Gasteiger partial charge is 0.504 e. The number of piperidine rings is 1. The van der Waals surface area contributed by atoms with Crippen LogP contribution in [0, 0.1) is 5.92 Å². The molecule has 148 valence electrons. The van der Waals surface area contributed by atoms with Gasteiger partial charge in [-0.15, -0.1) is 0 Å². The summed E-state index contributed by atoms with van der Waals surface area (Å²) in [5.41, 5.74) is 1.30. The average Bonchev–Trinajstić information content (AvgIpc) is 2.73. The van der Waals surface area contributed by atoms with Gasteiger partial charge < -0.3 is 19.5 Å². The standard InChI is InChI=1S/C22H25NO5/c1-27-19-9-5-8-18(21(19)25)22(26)28-15-20(24)23-12-10-17(11-13-23)14-16-6-3-2-4-7-16/h2-9,17,25H,10-15H2,1H3. The highest BCUT2D eigenvalue weighted by Gasteiger charge is 2.24. The number of amides is 1. The van der Waals surface area contributed by atoms with Gasteiger partial charge in [-0.1, -0.05) is 36.4 Å². The van der Waals surface area contributed by atoms with Crippen molar-refractivity contribution in [3.05, 3.63) is 59.7 Å². The number of methoxy groups -OCH3 is 1. The van der Waals surface area contributed by atoms with Gasteiger partial charge in [-0.05, 0) is 42.9 Å². The molecule has 1 N–H and O–H groups in total. The molecule has 0 bridgehead atoms. The molecular weight excluding hydrogens is 358 g/mol. The highest BCUT2D eigenvalue weighted by atomic mass is 16.5. The van der Waals surface area contributed by atoms with Crippen molar-refractivity contribution < 1.29 is 24.2 Å². The Kier molecular flexibility index (Phi) is 6.53. The number of aromatic hydroxyl groups is 1. The lowest BCUT2D eigenvalue weighted by atomic mass is 9.90. The Morgan fingerprint density at radius 2 is 1.79 bits per heavy atom. The number of ether oxygens (including phenoxy) is 2. The van der Waals surface area contributed by atoms with Crippen molar-refractivity contribution in [3.63, 3.8) is 0 Å². The van der Waals surface area contributed by atoms with Gasteiger partial charge in [0.1, 0.15) is 5.56 Å². The molecule has 1 amide bonds. The van der Waals surface area contributed by atoms with Crippen molar-refractivity contribution in [2.45, 2.75) is 19.3 Å². The van der Waals surface area contributed by atoms with Gasteiger partial charge in [0, 0.05) is 13.1 Å². The molecule has 6 heteroatoms. The molecule has 1 fully saturated rings. The SMILES string of the molecule is COc1cccc(C(=O)OCC(=O)N2CCC(Cc3ccccc3)CC2)c1O. The number of para-hydroxylation sites is 1. The summed E-state index contributed by atoms with van der Waals surface area (Å²) in [6, 6.07) is 14.9. The molecule has 0 aliphatic carbocycles. The third-order valence-corrected chi connectivity index (χ3v) is 5.10. The molecule has 2 aromatic carbocycles. The molecule has 6 nitrogen and oxygen atoms in total. The van der Waals surface area contributed by atoms with Crippen LogP contribution in [0.3, 0.4) is 0 Å². The molecule has 0 spiro atoms. The third-order valence-electron chi connectivity index (χ3n) is 5.10. The van der Waals surface area contributed by atoms with E-state index in [1.165, 1.54) is 24.8 Å². The second kappa shape index (κ2) is 9.26. The number of hydrogen-bond donors (Lipinski definition) is 1. The predicted molar refractivity (Wildman–Crippen MR) is 104 cm³/mol. The van der Waals surface area contributed by atoms with Crippen LogP contribution >= 0.6 is 0 Å². The van der Waals surface area contributed by atoms with Gasteiger partial charge in [0.15, 0.2) is 18.1 Å². The summed E-state index contributed by atoms with van der Waals surface area (Å²) in [6.45, 7) is 0.995. The fourth-order valence-corrected chi connectivity index (χ4v) is 3.48. The topological polar surface area (TPSA) is 76.1 Å². The molecule has 1 aliphatic rings. The van der Waals surface area contributed by atoms with E-state index in [4.69, 9.17) is 9.47 Å². The van der Waals surface area contributed by atoms with Gasteiger partial charge in [-0.25, -0.2) is 4.79 Å². The summed E-state index contributed by atoms with van der Waals surface area (Å²) >= 11 is 0. The molecule has 1 aliphatic heterocycles. The number of likely N-dealkylation sites (tertiary alicyclic amines) is 1. The van der Waals surface area contributed by atoms with E-state index in [0.29, 0.717) is 19.0 Å². The van der Waals surface area contributed by atoms with Crippen molar-refractivity contribution in [1.82, 2.24) is 4.90 Å². The summed E-state index contributed by atoms with van der Waals surface area (Å²) < 4.78 is 10.1. The van der Waals surface area contributed by atoms with Crippen LogP contribution in [-0.2, 0) is 16.0 Å². The Balaban J connectivity index is 1.46. The zero-order chi connectivity index (χ0) is 19.9. The monoisotopic (exact) mass is 383 g/mol. The summed E-state index contributed by atoms with van der Waals surface area (Å²) in [5, 5.41) is 10.0. The second-order valence-electron chi connectivity index (χ2n) is 6.95. The van der Waals surface area contributed by atoms with Gasteiger partial charge in [0.25, 0.3) is 5.91 Å². The summed E-state index contributed by atoms with van der Waals surface area (Å²) in [7, 11) is 1.40. The maximum atomic E-state index is 12.4. The third kappa shape index (κ3) is 4.82. The minimum atomic E-state index is -0.747. The van der Waals surface area contributed by atoms with Crippen LogP contribution in [0.1, 0.15) is 28.8 Å². The lowest BCUT2D eigenvalue weighted by Crippen LogP contribution is -2.41. The average molecular weight is 383 g/mol. The fourth-order valence-electron chi connectivity index (χ4n) is 3.48. The molecule has 0 unspecified atom stereocenters. The van der Waals surface area contributed by atoms with Gasteiger partial charge in [0.2, 0.25) is 0 Å². The van der Waals surface area contributed by atoms with E-state index in [1.807, 2.05) is 18.2 Å². The number of hydrogen-bond acceptors (Lipinski definition) is 5. The number of benzene rings is 2. The number of phenols is 1. The Morgan fingerprint density at radius 1 is 1.07 bits per heavy atom. The first-order valence-electron chi connectivity index (χ1n) is 9.43. The number of nitrogens with zero attached hydrogens (tertiary/aromatic N) is 1. The van der Waals surface area contributed by atoms with Gasteiger partial charge in [-0.3, -0.25) is 4.79 Å². The minimum Gasteiger partial charge on any atom is -0.504 e. The maximum Gasteiger partial charge on any atom is 0.342 e. The quantitative estimate of drug-likeness (QED) is 0.776. The molecule has 0 radical (unpaired) electrons. The van der Waals surface area contributed by atoms with Crippen LogP contribution in [0.25, 0.3) is 0 Å². The fraction of sp³-hybridized carbons (Fsp3) is 0.364. The van der Waals surface area contributed by atoms with Crippen molar-refractivity contribution in [2.75, 3.05) is 26.8 Å². The zero-order valence-corrected chi connectivity index (χ0v) is 16.0. The number of carbonyl (C=O) groups excluding carboxylic acids is 2. The van der Waals surface area contributed by atoms with Gasteiger partial charge in [0.05, 0.1) is 7.11 Å². The molecule has 1 saturated heterocycles. The van der Waals surface area contributed by atoms with Crippen LogP contribution in [0.5, 0.6) is 11.5 Å². The molecule has 2 aromatic rings. The molecule has 0 atom stereocenters. The van der Waals surface area contributed by atoms with E-state index in [1.54, 1.807) is 11.0 Å². The number of phenolic OH excluding ortho intramolecular Hbond substituents is 1. The van der Waals surface area contributed by atoms with Crippen molar-refractivity contribution in [1.29, 1.82) is 0 Å². The maximum absolute atomic E-state index is 12.4. The van der Waals surface area contributed by atoms with Crippen molar-refractivity contribution in [2.24, 2.45) is 5.92 Å². The van der Waals surface area contributed by atoms with E-state index < -0.39 is 5.97 Å².